The minimum Gasteiger partial charge on any atom is -0.464 e. The Morgan fingerprint density at radius 3 is 2.19 bits per heavy atom. The van der Waals surface area contributed by atoms with Gasteiger partial charge >= 0.3 is 5.97 Å². The maximum absolute atomic E-state index is 13.3. The Balaban J connectivity index is 1.78. The highest BCUT2D eigenvalue weighted by Crippen LogP contribution is 2.47. The van der Waals surface area contributed by atoms with Crippen LogP contribution in [0.5, 0.6) is 0 Å². The predicted molar refractivity (Wildman–Crippen MR) is 128 cm³/mol. The molecular weight excluding hydrogens is 386 g/mol. The van der Waals surface area contributed by atoms with Gasteiger partial charge in [-0.05, 0) is 49.4 Å². The van der Waals surface area contributed by atoms with Gasteiger partial charge in [0.25, 0.3) is 0 Å². The second-order valence-corrected chi connectivity index (χ2v) is 10.8. The summed E-state index contributed by atoms with van der Waals surface area (Å²) in [6, 6.07) is 0. The number of nitrogens with one attached hydrogen (secondary N) is 1. The first-order valence-electron chi connectivity index (χ1n) is 13.4. The van der Waals surface area contributed by atoms with Crippen LogP contribution < -0.4 is 5.32 Å². The number of unbranched alkanes of at least 4 members (excludes halogenated alkanes) is 9. The molecule has 2 fully saturated rings. The second-order valence-electron chi connectivity index (χ2n) is 10.8. The van der Waals surface area contributed by atoms with Crippen LogP contribution in [0, 0.1) is 23.7 Å². The molecule has 1 N–H and O–H groups in total. The molecule has 0 aromatic heterocycles. The van der Waals surface area contributed by atoms with Crippen molar-refractivity contribution in [2.75, 3.05) is 6.61 Å². The lowest BCUT2D eigenvalue weighted by molar-refractivity contribution is -0.157. The maximum Gasteiger partial charge on any atom is 0.332 e. The van der Waals surface area contributed by atoms with E-state index in [1.54, 1.807) is 0 Å². The van der Waals surface area contributed by atoms with Gasteiger partial charge in [-0.3, -0.25) is 4.79 Å². The molecule has 2 aliphatic rings. The van der Waals surface area contributed by atoms with Gasteiger partial charge in [-0.25, -0.2) is 4.79 Å². The molecule has 1 amide bonds. The average molecular weight is 436 g/mol. The number of amides is 1. The normalized spacial score (nSPS) is 28.7. The van der Waals surface area contributed by atoms with E-state index in [0.29, 0.717) is 37.2 Å². The number of carbonyl (C=O) groups is 2. The van der Waals surface area contributed by atoms with Crippen molar-refractivity contribution in [2.24, 2.45) is 23.7 Å². The maximum atomic E-state index is 13.3. The third kappa shape index (κ3) is 7.79. The average Bonchev–Trinajstić information content (AvgIpc) is 3.14. The van der Waals surface area contributed by atoms with E-state index >= 15 is 0 Å². The molecule has 0 aromatic rings. The standard InChI is InChI=1S/C27H49NO3/c1-5-6-7-8-9-10-11-12-13-14-19-31-26(30)27(18-17-25(29)28-27)24-20-22(4)15-16-23(24)21(2)3/h21-24H,5-20H2,1-4H3,(H,28,29). The molecule has 4 unspecified atom stereocenters. The molecule has 180 valence electrons. The van der Waals surface area contributed by atoms with Crippen molar-refractivity contribution >= 4 is 11.9 Å². The van der Waals surface area contributed by atoms with E-state index in [1.807, 2.05) is 0 Å². The van der Waals surface area contributed by atoms with Gasteiger partial charge in [0, 0.05) is 6.42 Å². The van der Waals surface area contributed by atoms with Gasteiger partial charge < -0.3 is 10.1 Å². The van der Waals surface area contributed by atoms with Crippen LogP contribution in [-0.4, -0.2) is 24.0 Å². The molecule has 0 radical (unpaired) electrons. The van der Waals surface area contributed by atoms with Crippen LogP contribution in [0.15, 0.2) is 0 Å². The van der Waals surface area contributed by atoms with E-state index in [-0.39, 0.29) is 17.8 Å². The van der Waals surface area contributed by atoms with Crippen molar-refractivity contribution in [3.8, 4) is 0 Å². The molecule has 4 nitrogen and oxygen atoms in total. The van der Waals surface area contributed by atoms with Gasteiger partial charge in [0.2, 0.25) is 5.91 Å². The van der Waals surface area contributed by atoms with E-state index in [1.165, 1.54) is 57.8 Å². The Morgan fingerprint density at radius 2 is 1.65 bits per heavy atom. The van der Waals surface area contributed by atoms with Crippen LogP contribution in [-0.2, 0) is 14.3 Å². The van der Waals surface area contributed by atoms with Crippen LogP contribution in [0.1, 0.15) is 124 Å². The predicted octanol–water partition coefficient (Wildman–Crippen LogP) is 6.81. The van der Waals surface area contributed by atoms with Crippen molar-refractivity contribution < 1.29 is 14.3 Å². The summed E-state index contributed by atoms with van der Waals surface area (Å²) < 4.78 is 5.81. The Bertz CT molecular complexity index is 547. The van der Waals surface area contributed by atoms with Gasteiger partial charge in [0.05, 0.1) is 6.61 Å². The summed E-state index contributed by atoms with van der Waals surface area (Å²) in [7, 11) is 0. The first kappa shape index (κ1) is 26.2. The minimum atomic E-state index is -0.792. The number of ether oxygens (including phenoxy) is 1. The fourth-order valence-electron chi connectivity index (χ4n) is 5.92. The molecule has 1 aliphatic heterocycles. The van der Waals surface area contributed by atoms with Crippen LogP contribution in [0.25, 0.3) is 0 Å². The molecule has 1 saturated carbocycles. The first-order valence-corrected chi connectivity index (χ1v) is 13.4. The number of rotatable bonds is 14. The highest BCUT2D eigenvalue weighted by atomic mass is 16.5. The smallest absolute Gasteiger partial charge is 0.332 e. The quantitative estimate of drug-likeness (QED) is 0.241. The van der Waals surface area contributed by atoms with Crippen LogP contribution in [0.2, 0.25) is 0 Å². The fraction of sp³-hybridized carbons (Fsp3) is 0.926. The third-order valence-electron chi connectivity index (χ3n) is 7.86. The van der Waals surface area contributed by atoms with Gasteiger partial charge in [-0.1, -0.05) is 91.9 Å². The lowest BCUT2D eigenvalue weighted by Gasteiger charge is -2.46. The van der Waals surface area contributed by atoms with Crippen molar-refractivity contribution in [1.82, 2.24) is 5.32 Å². The molecule has 0 bridgehead atoms. The highest BCUT2D eigenvalue weighted by Gasteiger charge is 2.55. The highest BCUT2D eigenvalue weighted by molar-refractivity contribution is 5.92. The summed E-state index contributed by atoms with van der Waals surface area (Å²) in [5.74, 6) is 1.63. The van der Waals surface area contributed by atoms with Crippen molar-refractivity contribution in [2.45, 2.75) is 130 Å². The third-order valence-corrected chi connectivity index (χ3v) is 7.86. The van der Waals surface area contributed by atoms with Crippen LogP contribution >= 0.6 is 0 Å². The minimum absolute atomic E-state index is 0.0108. The van der Waals surface area contributed by atoms with Crippen molar-refractivity contribution in [3.63, 3.8) is 0 Å². The monoisotopic (exact) mass is 435 g/mol. The number of hydrogen-bond acceptors (Lipinski definition) is 3. The molecule has 31 heavy (non-hydrogen) atoms. The molecular formula is C27H49NO3. The summed E-state index contributed by atoms with van der Waals surface area (Å²) in [4.78, 5) is 25.5. The molecule has 1 aliphatic carbocycles. The Hall–Kier alpha value is -1.06. The number of hydrogen-bond donors (Lipinski definition) is 1. The summed E-state index contributed by atoms with van der Waals surface area (Å²) in [6.07, 6.45) is 17.1. The van der Waals surface area contributed by atoms with Crippen molar-refractivity contribution in [3.05, 3.63) is 0 Å². The molecule has 0 aromatic carbocycles. The first-order chi connectivity index (χ1) is 14.9. The summed E-state index contributed by atoms with van der Waals surface area (Å²) in [5, 5.41) is 3.12. The number of carbonyl (C=O) groups excluding carboxylic acids is 2. The van der Waals surface area contributed by atoms with Gasteiger partial charge in [0.15, 0.2) is 0 Å². The van der Waals surface area contributed by atoms with Gasteiger partial charge in [-0.2, -0.15) is 0 Å². The Morgan fingerprint density at radius 1 is 1.03 bits per heavy atom. The molecule has 4 atom stereocenters. The summed E-state index contributed by atoms with van der Waals surface area (Å²) in [6.45, 7) is 9.54. The molecule has 4 heteroatoms. The van der Waals surface area contributed by atoms with Crippen molar-refractivity contribution in [1.29, 1.82) is 0 Å². The lowest BCUT2D eigenvalue weighted by atomic mass is 9.62. The fourth-order valence-corrected chi connectivity index (χ4v) is 5.92. The van der Waals surface area contributed by atoms with E-state index in [4.69, 9.17) is 4.74 Å². The van der Waals surface area contributed by atoms with Crippen LogP contribution in [0.4, 0.5) is 0 Å². The largest absolute Gasteiger partial charge is 0.464 e. The molecule has 1 heterocycles. The molecule has 0 spiro atoms. The molecule has 2 rings (SSSR count). The van der Waals surface area contributed by atoms with E-state index in [9.17, 15) is 9.59 Å². The van der Waals surface area contributed by atoms with E-state index in [2.05, 4.69) is 33.0 Å². The van der Waals surface area contributed by atoms with Gasteiger partial charge in [0.1, 0.15) is 5.54 Å². The Labute approximate surface area is 191 Å². The zero-order chi connectivity index (χ0) is 22.7. The summed E-state index contributed by atoms with van der Waals surface area (Å²) >= 11 is 0. The zero-order valence-corrected chi connectivity index (χ0v) is 20.8. The number of esters is 1. The lowest BCUT2D eigenvalue weighted by Crippen LogP contribution is -2.59. The van der Waals surface area contributed by atoms with Crippen LogP contribution in [0.3, 0.4) is 0 Å². The molecule has 1 saturated heterocycles. The Kier molecular flexibility index (Phi) is 11.4. The SMILES string of the molecule is CCCCCCCCCCCCOC(=O)C1(C2CC(C)CCC2C(C)C)CCC(=O)N1. The zero-order valence-electron chi connectivity index (χ0n) is 20.8. The van der Waals surface area contributed by atoms with Gasteiger partial charge in [-0.15, -0.1) is 0 Å². The topological polar surface area (TPSA) is 55.4 Å². The second kappa shape index (κ2) is 13.5. The van der Waals surface area contributed by atoms with E-state index in [0.717, 1.165) is 25.7 Å². The van der Waals surface area contributed by atoms with E-state index < -0.39 is 5.54 Å². The summed E-state index contributed by atoms with van der Waals surface area (Å²) in [5.41, 5.74) is -0.792.